The van der Waals surface area contributed by atoms with Crippen LogP contribution in [0.1, 0.15) is 16.1 Å². The molecular weight excluding hydrogens is 331 g/mol. The van der Waals surface area contributed by atoms with Crippen molar-refractivity contribution < 1.29 is 13.7 Å². The first-order chi connectivity index (χ1) is 12.7. The fourth-order valence-electron chi connectivity index (χ4n) is 2.83. The Labute approximate surface area is 149 Å². The molecule has 0 aliphatic heterocycles. The Morgan fingerprint density at radius 3 is 2.62 bits per heavy atom. The predicted molar refractivity (Wildman–Crippen MR) is 97.0 cm³/mol. The minimum atomic E-state index is -0.309. The number of fused-ring (bicyclic) bond motifs is 1. The second-order valence-electron chi connectivity index (χ2n) is 5.90. The van der Waals surface area contributed by atoms with Crippen LogP contribution in [-0.4, -0.2) is 11.1 Å². The highest BCUT2D eigenvalue weighted by atomic mass is 19.1. The molecule has 4 nitrogen and oxygen atoms in total. The average molecular weight is 346 g/mol. The quantitative estimate of drug-likeness (QED) is 0.589. The molecule has 0 saturated carbocycles. The summed E-state index contributed by atoms with van der Waals surface area (Å²) >= 11 is 0. The molecule has 0 fully saturated rings. The Balaban J connectivity index is 1.49. The second-order valence-corrected chi connectivity index (χ2v) is 5.90. The zero-order chi connectivity index (χ0) is 17.9. The fraction of sp³-hybridized carbons (Fsp3) is 0.0476. The van der Waals surface area contributed by atoms with Crippen LogP contribution in [0.25, 0.3) is 22.1 Å². The van der Waals surface area contributed by atoms with E-state index in [-0.39, 0.29) is 18.3 Å². The van der Waals surface area contributed by atoms with Crippen molar-refractivity contribution in [3.8, 4) is 11.3 Å². The summed E-state index contributed by atoms with van der Waals surface area (Å²) in [6, 6.07) is 21.1. The molecule has 0 radical (unpaired) electrons. The van der Waals surface area contributed by atoms with Gasteiger partial charge in [-0.05, 0) is 41.1 Å². The smallest absolute Gasteiger partial charge is 0.252 e. The number of aromatic nitrogens is 1. The van der Waals surface area contributed by atoms with E-state index in [1.54, 1.807) is 24.3 Å². The van der Waals surface area contributed by atoms with Crippen LogP contribution in [0.3, 0.4) is 0 Å². The van der Waals surface area contributed by atoms with E-state index in [1.165, 1.54) is 12.1 Å². The average Bonchev–Trinajstić information content (AvgIpc) is 3.15. The van der Waals surface area contributed by atoms with Gasteiger partial charge in [-0.3, -0.25) is 4.79 Å². The molecule has 0 aliphatic rings. The Morgan fingerprint density at radius 2 is 1.77 bits per heavy atom. The predicted octanol–water partition coefficient (Wildman–Crippen LogP) is 4.56. The van der Waals surface area contributed by atoms with E-state index in [1.807, 2.05) is 36.4 Å². The van der Waals surface area contributed by atoms with Gasteiger partial charge in [0.15, 0.2) is 5.76 Å². The van der Waals surface area contributed by atoms with Crippen molar-refractivity contribution in [3.05, 3.63) is 89.9 Å². The van der Waals surface area contributed by atoms with Gasteiger partial charge in [-0.15, -0.1) is 0 Å². The van der Waals surface area contributed by atoms with Gasteiger partial charge in [0.1, 0.15) is 11.5 Å². The standard InChI is InChI=1S/C21H15FN2O2/c22-16-10-8-15(9-11-16)20-12-17(24-26-20)13-23-21(25)19-7-3-5-14-4-1-2-6-18(14)19/h1-12H,13H2,(H,23,25). The van der Waals surface area contributed by atoms with Crippen molar-refractivity contribution in [1.82, 2.24) is 10.5 Å². The molecule has 0 spiro atoms. The second kappa shape index (κ2) is 6.80. The van der Waals surface area contributed by atoms with Crippen LogP contribution < -0.4 is 5.32 Å². The maximum absolute atomic E-state index is 13.0. The van der Waals surface area contributed by atoms with Crippen molar-refractivity contribution in [2.45, 2.75) is 6.54 Å². The van der Waals surface area contributed by atoms with E-state index < -0.39 is 0 Å². The third-order valence-electron chi connectivity index (χ3n) is 4.15. The summed E-state index contributed by atoms with van der Waals surface area (Å²) in [5.41, 5.74) is 1.94. The SMILES string of the molecule is O=C(NCc1cc(-c2ccc(F)cc2)on1)c1cccc2ccccc12. The first-order valence-electron chi connectivity index (χ1n) is 8.18. The first-order valence-corrected chi connectivity index (χ1v) is 8.18. The van der Waals surface area contributed by atoms with Crippen LogP contribution in [0.4, 0.5) is 4.39 Å². The van der Waals surface area contributed by atoms with Gasteiger partial charge in [0.05, 0.1) is 6.54 Å². The summed E-state index contributed by atoms with van der Waals surface area (Å²) < 4.78 is 18.3. The molecule has 0 saturated heterocycles. The molecule has 4 rings (SSSR count). The first kappa shape index (κ1) is 16.0. The highest BCUT2D eigenvalue weighted by Crippen LogP contribution is 2.21. The van der Waals surface area contributed by atoms with E-state index >= 15 is 0 Å². The van der Waals surface area contributed by atoms with Crippen molar-refractivity contribution in [2.24, 2.45) is 0 Å². The van der Waals surface area contributed by atoms with Crippen LogP contribution in [0, 0.1) is 5.82 Å². The number of rotatable bonds is 4. The number of halogens is 1. The van der Waals surface area contributed by atoms with Crippen LogP contribution in [0.2, 0.25) is 0 Å². The summed E-state index contributed by atoms with van der Waals surface area (Å²) in [7, 11) is 0. The van der Waals surface area contributed by atoms with E-state index in [4.69, 9.17) is 4.52 Å². The monoisotopic (exact) mass is 346 g/mol. The van der Waals surface area contributed by atoms with Crippen molar-refractivity contribution in [2.75, 3.05) is 0 Å². The van der Waals surface area contributed by atoms with Gasteiger partial charge in [0.25, 0.3) is 5.91 Å². The van der Waals surface area contributed by atoms with E-state index in [2.05, 4.69) is 10.5 Å². The van der Waals surface area contributed by atoms with E-state index in [0.29, 0.717) is 17.0 Å². The summed E-state index contributed by atoms with van der Waals surface area (Å²) in [6.07, 6.45) is 0. The van der Waals surface area contributed by atoms with Crippen molar-refractivity contribution in [1.29, 1.82) is 0 Å². The molecule has 1 aromatic heterocycles. The highest BCUT2D eigenvalue weighted by Gasteiger charge is 2.11. The molecule has 5 heteroatoms. The lowest BCUT2D eigenvalue weighted by Crippen LogP contribution is -2.23. The Hall–Kier alpha value is -3.47. The maximum Gasteiger partial charge on any atom is 0.252 e. The molecule has 26 heavy (non-hydrogen) atoms. The number of hydrogen-bond acceptors (Lipinski definition) is 3. The van der Waals surface area contributed by atoms with Gasteiger partial charge in [-0.2, -0.15) is 0 Å². The number of carbonyl (C=O) groups excluding carboxylic acids is 1. The molecule has 1 N–H and O–H groups in total. The minimum Gasteiger partial charge on any atom is -0.356 e. The Kier molecular flexibility index (Phi) is 4.19. The van der Waals surface area contributed by atoms with Gasteiger partial charge in [-0.1, -0.05) is 41.6 Å². The lowest BCUT2D eigenvalue weighted by atomic mass is 10.0. The summed E-state index contributed by atoms with van der Waals surface area (Å²) in [5, 5.41) is 8.74. The van der Waals surface area contributed by atoms with Gasteiger partial charge in [0, 0.05) is 17.2 Å². The Morgan fingerprint density at radius 1 is 1.00 bits per heavy atom. The van der Waals surface area contributed by atoms with Crippen molar-refractivity contribution >= 4 is 16.7 Å². The summed E-state index contributed by atoms with van der Waals surface area (Å²) in [4.78, 5) is 12.5. The van der Waals surface area contributed by atoms with E-state index in [9.17, 15) is 9.18 Å². The molecule has 0 unspecified atom stereocenters. The molecule has 1 heterocycles. The molecule has 0 aliphatic carbocycles. The van der Waals surface area contributed by atoms with Crippen molar-refractivity contribution in [3.63, 3.8) is 0 Å². The lowest BCUT2D eigenvalue weighted by molar-refractivity contribution is 0.0951. The molecule has 128 valence electrons. The van der Waals surface area contributed by atoms with Gasteiger partial charge in [-0.25, -0.2) is 4.39 Å². The topological polar surface area (TPSA) is 55.1 Å². The lowest BCUT2D eigenvalue weighted by Gasteiger charge is -2.06. The largest absolute Gasteiger partial charge is 0.356 e. The van der Waals surface area contributed by atoms with Crippen LogP contribution in [0.15, 0.2) is 77.3 Å². The zero-order valence-corrected chi connectivity index (χ0v) is 13.8. The third-order valence-corrected chi connectivity index (χ3v) is 4.15. The van der Waals surface area contributed by atoms with Gasteiger partial charge >= 0.3 is 0 Å². The normalized spacial score (nSPS) is 10.8. The number of nitrogens with zero attached hydrogens (tertiary/aromatic N) is 1. The van der Waals surface area contributed by atoms with Gasteiger partial charge in [0.2, 0.25) is 0 Å². The summed E-state index contributed by atoms with van der Waals surface area (Å²) in [6.45, 7) is 0.243. The highest BCUT2D eigenvalue weighted by molar-refractivity contribution is 6.06. The molecule has 4 aromatic rings. The van der Waals surface area contributed by atoms with E-state index in [0.717, 1.165) is 16.3 Å². The van der Waals surface area contributed by atoms with Crippen LogP contribution >= 0.6 is 0 Å². The Bertz CT molecular complexity index is 1070. The molecule has 1 amide bonds. The van der Waals surface area contributed by atoms with Crippen LogP contribution in [0.5, 0.6) is 0 Å². The number of hydrogen-bond donors (Lipinski definition) is 1. The number of benzene rings is 3. The third kappa shape index (κ3) is 3.19. The maximum atomic E-state index is 13.0. The number of amides is 1. The minimum absolute atomic E-state index is 0.173. The fourth-order valence-corrected chi connectivity index (χ4v) is 2.83. The molecule has 0 atom stereocenters. The van der Waals surface area contributed by atoms with Crippen LogP contribution in [-0.2, 0) is 6.54 Å². The zero-order valence-electron chi connectivity index (χ0n) is 13.8. The number of carbonyl (C=O) groups is 1. The molecule has 0 bridgehead atoms. The number of nitrogens with one attached hydrogen (secondary N) is 1. The molecule has 3 aromatic carbocycles. The summed E-state index contributed by atoms with van der Waals surface area (Å²) in [5.74, 6) is 0.0448. The van der Waals surface area contributed by atoms with Gasteiger partial charge < -0.3 is 9.84 Å². The molecular formula is C21H15FN2O2.